The van der Waals surface area contributed by atoms with E-state index < -0.39 is 10.0 Å². The molecule has 0 spiro atoms. The van der Waals surface area contributed by atoms with Crippen LogP contribution >= 0.6 is 31.9 Å². The lowest BCUT2D eigenvalue weighted by Gasteiger charge is -2.01. The van der Waals surface area contributed by atoms with Gasteiger partial charge in [0, 0.05) is 36.3 Å². The predicted octanol–water partition coefficient (Wildman–Crippen LogP) is 2.68. The standard InChI is InChI=1S/C6H5Br2NO2S.C5H8N2.C2H6O/c7-4-1-2-5(8)6(3-4)12(9,10)11;6-5-7-3-1-2-4-7;1-3-2/h1-3H,(H2,9,10,11);1-4H2;1-2H3. The van der Waals surface area contributed by atoms with Crippen molar-refractivity contribution in [2.75, 3.05) is 27.3 Å². The number of likely N-dealkylation sites (tertiary alicyclic amines) is 1. The Bertz CT molecular complexity index is 597. The van der Waals surface area contributed by atoms with Crippen LogP contribution in [0.5, 0.6) is 0 Å². The summed E-state index contributed by atoms with van der Waals surface area (Å²) in [5.74, 6) is 0. The highest BCUT2D eigenvalue weighted by atomic mass is 79.9. The maximum atomic E-state index is 10.9. The van der Waals surface area contributed by atoms with Gasteiger partial charge in [-0.25, -0.2) is 13.6 Å². The maximum absolute atomic E-state index is 10.9. The van der Waals surface area contributed by atoms with E-state index in [4.69, 9.17) is 10.4 Å². The van der Waals surface area contributed by atoms with Gasteiger partial charge in [0.1, 0.15) is 0 Å². The van der Waals surface area contributed by atoms with Crippen LogP contribution in [0.3, 0.4) is 0 Å². The van der Waals surface area contributed by atoms with Gasteiger partial charge in [-0.2, -0.15) is 5.26 Å². The number of primary sulfonamides is 1. The van der Waals surface area contributed by atoms with E-state index in [-0.39, 0.29) is 4.90 Å². The van der Waals surface area contributed by atoms with Crippen molar-refractivity contribution in [1.29, 1.82) is 5.26 Å². The molecule has 1 heterocycles. The zero-order valence-electron chi connectivity index (χ0n) is 12.4. The summed E-state index contributed by atoms with van der Waals surface area (Å²) in [5, 5.41) is 13.2. The first-order valence-electron chi connectivity index (χ1n) is 6.29. The summed E-state index contributed by atoms with van der Waals surface area (Å²) >= 11 is 6.23. The first-order chi connectivity index (χ1) is 10.3. The third kappa shape index (κ3) is 8.70. The number of ether oxygens (including phenoxy) is 1. The Kier molecular flexibility index (Phi) is 10.6. The molecule has 124 valence electrons. The molecular weight excluding hydrogens is 438 g/mol. The van der Waals surface area contributed by atoms with Crippen LogP contribution in [0.15, 0.2) is 32.0 Å². The molecule has 1 aromatic rings. The molecule has 22 heavy (non-hydrogen) atoms. The largest absolute Gasteiger partial charge is 0.388 e. The van der Waals surface area contributed by atoms with E-state index in [1.54, 1.807) is 31.3 Å². The Hall–Kier alpha value is -0.660. The topological polar surface area (TPSA) is 96.4 Å². The molecule has 9 heteroatoms. The Morgan fingerprint density at radius 3 is 2.09 bits per heavy atom. The van der Waals surface area contributed by atoms with Gasteiger partial charge in [-0.15, -0.1) is 0 Å². The highest BCUT2D eigenvalue weighted by Crippen LogP contribution is 2.24. The maximum Gasteiger partial charge on any atom is 0.239 e. The fourth-order valence-corrected chi connectivity index (χ4v) is 3.58. The number of halogens is 2. The quantitative estimate of drug-likeness (QED) is 0.655. The van der Waals surface area contributed by atoms with Crippen LogP contribution in [0.4, 0.5) is 0 Å². The normalized spacial score (nSPS) is 13.4. The number of methoxy groups -OCH3 is 1. The minimum absolute atomic E-state index is 0.0804. The van der Waals surface area contributed by atoms with E-state index in [1.807, 2.05) is 0 Å². The average Bonchev–Trinajstić information content (AvgIpc) is 2.95. The Balaban J connectivity index is 0.000000372. The Labute approximate surface area is 148 Å². The van der Waals surface area contributed by atoms with Crippen LogP contribution in [0.25, 0.3) is 0 Å². The number of nitriles is 1. The number of hydrogen-bond acceptors (Lipinski definition) is 5. The molecule has 2 rings (SSSR count). The highest BCUT2D eigenvalue weighted by molar-refractivity contribution is 9.11. The molecule has 1 aliphatic heterocycles. The van der Waals surface area contributed by atoms with E-state index in [1.165, 1.54) is 18.9 Å². The van der Waals surface area contributed by atoms with Crippen molar-refractivity contribution in [2.24, 2.45) is 5.14 Å². The summed E-state index contributed by atoms with van der Waals surface area (Å²) in [6.07, 6.45) is 4.50. The summed E-state index contributed by atoms with van der Waals surface area (Å²) in [6.45, 7) is 1.97. The van der Waals surface area contributed by atoms with Crippen molar-refractivity contribution >= 4 is 41.9 Å². The summed E-state index contributed by atoms with van der Waals surface area (Å²) in [5.41, 5.74) is 0. The van der Waals surface area contributed by atoms with Crippen LogP contribution in [0.2, 0.25) is 0 Å². The molecule has 0 amide bonds. The first-order valence-corrected chi connectivity index (χ1v) is 9.42. The predicted molar refractivity (Wildman–Crippen MR) is 92.6 cm³/mol. The Morgan fingerprint density at radius 1 is 1.27 bits per heavy atom. The number of nitrogens with zero attached hydrogens (tertiary/aromatic N) is 2. The van der Waals surface area contributed by atoms with Crippen molar-refractivity contribution < 1.29 is 13.2 Å². The highest BCUT2D eigenvalue weighted by Gasteiger charge is 2.12. The van der Waals surface area contributed by atoms with Gasteiger partial charge in [-0.05, 0) is 47.0 Å². The van der Waals surface area contributed by atoms with Gasteiger partial charge in [0.25, 0.3) is 0 Å². The summed E-state index contributed by atoms with van der Waals surface area (Å²) < 4.78 is 27.3. The molecule has 0 aliphatic carbocycles. The molecule has 0 unspecified atom stereocenters. The molecule has 1 aliphatic rings. The van der Waals surface area contributed by atoms with Gasteiger partial charge >= 0.3 is 0 Å². The second-order valence-corrected chi connectivity index (χ2v) is 7.62. The zero-order chi connectivity index (χ0) is 17.2. The number of benzene rings is 1. The molecule has 0 aromatic heterocycles. The van der Waals surface area contributed by atoms with Crippen molar-refractivity contribution in [3.8, 4) is 6.19 Å². The molecule has 2 N–H and O–H groups in total. The minimum Gasteiger partial charge on any atom is -0.388 e. The fourth-order valence-electron chi connectivity index (χ4n) is 1.51. The molecular formula is C13H19Br2N3O3S. The molecule has 0 radical (unpaired) electrons. The van der Waals surface area contributed by atoms with E-state index in [9.17, 15) is 8.42 Å². The number of rotatable bonds is 1. The van der Waals surface area contributed by atoms with Gasteiger partial charge < -0.3 is 9.64 Å². The summed E-state index contributed by atoms with van der Waals surface area (Å²) in [4.78, 5) is 1.87. The number of hydrogen-bond donors (Lipinski definition) is 1. The van der Waals surface area contributed by atoms with E-state index >= 15 is 0 Å². The van der Waals surface area contributed by atoms with E-state index in [2.05, 4.69) is 42.8 Å². The van der Waals surface area contributed by atoms with Crippen molar-refractivity contribution in [2.45, 2.75) is 17.7 Å². The fraction of sp³-hybridized carbons (Fsp3) is 0.462. The zero-order valence-corrected chi connectivity index (χ0v) is 16.4. The van der Waals surface area contributed by atoms with Gasteiger partial charge in [0.15, 0.2) is 6.19 Å². The Morgan fingerprint density at radius 2 is 1.77 bits per heavy atom. The second kappa shape index (κ2) is 11.0. The smallest absolute Gasteiger partial charge is 0.239 e. The molecule has 0 bridgehead atoms. The second-order valence-electron chi connectivity index (χ2n) is 4.32. The SMILES string of the molecule is COC.N#CN1CCCC1.NS(=O)(=O)c1cc(Br)ccc1Br. The monoisotopic (exact) mass is 455 g/mol. The summed E-state index contributed by atoms with van der Waals surface area (Å²) in [6, 6.07) is 4.78. The van der Waals surface area contributed by atoms with Gasteiger partial charge in [-0.3, -0.25) is 0 Å². The molecule has 6 nitrogen and oxygen atoms in total. The molecule has 1 aromatic carbocycles. The molecule has 1 saturated heterocycles. The van der Waals surface area contributed by atoms with Crippen LogP contribution < -0.4 is 5.14 Å². The van der Waals surface area contributed by atoms with Crippen molar-refractivity contribution in [3.05, 3.63) is 27.1 Å². The van der Waals surface area contributed by atoms with Gasteiger partial charge in [0.05, 0.1) is 4.90 Å². The lowest BCUT2D eigenvalue weighted by molar-refractivity contribution is 0.277. The third-order valence-electron chi connectivity index (χ3n) is 2.45. The summed E-state index contributed by atoms with van der Waals surface area (Å²) in [7, 11) is -0.383. The number of nitrogens with two attached hydrogens (primary N) is 1. The minimum atomic E-state index is -3.63. The first kappa shape index (κ1) is 21.3. The van der Waals surface area contributed by atoms with Crippen LogP contribution in [-0.2, 0) is 14.8 Å². The molecule has 0 saturated carbocycles. The van der Waals surface area contributed by atoms with Crippen LogP contribution in [0.1, 0.15) is 12.8 Å². The molecule has 1 fully saturated rings. The van der Waals surface area contributed by atoms with E-state index in [0.717, 1.165) is 13.1 Å². The number of sulfonamides is 1. The van der Waals surface area contributed by atoms with Gasteiger partial charge in [-0.1, -0.05) is 15.9 Å². The van der Waals surface area contributed by atoms with Crippen molar-refractivity contribution in [1.82, 2.24) is 4.90 Å². The van der Waals surface area contributed by atoms with Crippen LogP contribution in [-0.4, -0.2) is 40.6 Å². The van der Waals surface area contributed by atoms with Crippen LogP contribution in [0, 0.1) is 11.5 Å². The lowest BCUT2D eigenvalue weighted by atomic mass is 10.4. The van der Waals surface area contributed by atoms with E-state index in [0.29, 0.717) is 8.95 Å². The molecule has 0 atom stereocenters. The lowest BCUT2D eigenvalue weighted by Crippen LogP contribution is -2.12. The third-order valence-corrected chi connectivity index (χ3v) is 4.85. The van der Waals surface area contributed by atoms with Crippen molar-refractivity contribution in [3.63, 3.8) is 0 Å². The average molecular weight is 457 g/mol. The van der Waals surface area contributed by atoms with Gasteiger partial charge in [0.2, 0.25) is 10.0 Å².